The predicted octanol–water partition coefficient (Wildman–Crippen LogP) is 7.64. The van der Waals surface area contributed by atoms with Gasteiger partial charge in [0, 0.05) is 17.0 Å². The van der Waals surface area contributed by atoms with E-state index < -0.39 is 0 Å². The van der Waals surface area contributed by atoms with E-state index in [1.807, 2.05) is 0 Å². The van der Waals surface area contributed by atoms with E-state index in [1.54, 1.807) is 0 Å². The molecule has 6 rings (SSSR count). The van der Waals surface area contributed by atoms with Crippen molar-refractivity contribution in [3.63, 3.8) is 0 Å². The van der Waals surface area contributed by atoms with Gasteiger partial charge in [-0.15, -0.1) is 0 Å². The average Bonchev–Trinajstić information content (AvgIpc) is 2.77. The zero-order chi connectivity index (χ0) is 22.2. The Balaban J connectivity index is 1.82. The summed E-state index contributed by atoms with van der Waals surface area (Å²) < 4.78 is 9.13. The van der Waals surface area contributed by atoms with E-state index in [-0.39, 0.29) is 5.41 Å². The van der Waals surface area contributed by atoms with Crippen LogP contribution in [0.4, 0.5) is 0 Å². The number of hydrogen-bond acceptors (Lipinski definition) is 1. The summed E-state index contributed by atoms with van der Waals surface area (Å²) in [5.74, 6) is 1.99. The number of aromatic nitrogens is 1. The molecule has 158 valence electrons. The lowest BCUT2D eigenvalue weighted by molar-refractivity contribution is -0.659. The lowest BCUT2D eigenvalue weighted by Gasteiger charge is -2.28. The maximum absolute atomic E-state index is 6.87. The molecule has 0 spiro atoms. The Morgan fingerprint density at radius 1 is 0.844 bits per heavy atom. The van der Waals surface area contributed by atoms with Crippen LogP contribution in [-0.2, 0) is 13.5 Å². The largest absolute Gasteiger partial charge is 0.455 e. The molecule has 0 bridgehead atoms. The van der Waals surface area contributed by atoms with Crippen molar-refractivity contribution >= 4 is 32.3 Å². The van der Waals surface area contributed by atoms with Gasteiger partial charge < -0.3 is 4.74 Å². The van der Waals surface area contributed by atoms with Gasteiger partial charge in [-0.1, -0.05) is 69.3 Å². The van der Waals surface area contributed by atoms with Gasteiger partial charge in [0.2, 0.25) is 5.69 Å². The molecule has 0 saturated heterocycles. The van der Waals surface area contributed by atoms with Crippen molar-refractivity contribution in [1.82, 2.24) is 0 Å². The first-order valence-corrected chi connectivity index (χ1v) is 11.4. The molecular formula is C30H28NO+. The Morgan fingerprint density at radius 2 is 1.53 bits per heavy atom. The Bertz CT molecular complexity index is 1570. The standard InChI is InChI=1S/C30H28NO/c1-18-20-11-8-9-13-22(20)24(17-30(2,3)4)29-26(18)28-27-23(14-15-31(28)5)21-12-7-6-10-19(21)16-25(27)32-29/h6-16H,17H2,1-5H3/q+1. The molecule has 0 atom stereocenters. The molecule has 2 heteroatoms. The molecule has 1 aromatic heterocycles. The molecule has 0 unspecified atom stereocenters. The Labute approximate surface area is 189 Å². The summed E-state index contributed by atoms with van der Waals surface area (Å²) in [7, 11) is 2.15. The van der Waals surface area contributed by atoms with Gasteiger partial charge in [-0.3, -0.25) is 0 Å². The van der Waals surface area contributed by atoms with E-state index in [4.69, 9.17) is 4.74 Å². The minimum Gasteiger partial charge on any atom is -0.455 e. The first-order chi connectivity index (χ1) is 15.3. The number of ether oxygens (including phenoxy) is 1. The first-order valence-electron chi connectivity index (χ1n) is 11.4. The van der Waals surface area contributed by atoms with Crippen LogP contribution in [0.2, 0.25) is 0 Å². The fourth-order valence-corrected chi connectivity index (χ4v) is 5.45. The van der Waals surface area contributed by atoms with Crippen LogP contribution in [0.3, 0.4) is 0 Å². The normalized spacial score (nSPS) is 12.9. The van der Waals surface area contributed by atoms with E-state index in [0.29, 0.717) is 0 Å². The Kier molecular flexibility index (Phi) is 3.96. The van der Waals surface area contributed by atoms with Gasteiger partial charge in [0.25, 0.3) is 0 Å². The molecular weight excluding hydrogens is 390 g/mol. The summed E-state index contributed by atoms with van der Waals surface area (Å²) in [5, 5.41) is 7.57. The van der Waals surface area contributed by atoms with Crippen LogP contribution < -0.4 is 9.30 Å². The molecule has 0 radical (unpaired) electrons. The van der Waals surface area contributed by atoms with E-state index >= 15 is 0 Å². The van der Waals surface area contributed by atoms with E-state index in [2.05, 4.69) is 106 Å². The van der Waals surface area contributed by atoms with Crippen LogP contribution in [0.1, 0.15) is 31.9 Å². The monoisotopic (exact) mass is 418 g/mol. The average molecular weight is 419 g/mol. The molecule has 2 heterocycles. The molecule has 0 fully saturated rings. The zero-order valence-corrected chi connectivity index (χ0v) is 19.4. The fourth-order valence-electron chi connectivity index (χ4n) is 5.45. The molecule has 0 aliphatic carbocycles. The van der Waals surface area contributed by atoms with Crippen molar-refractivity contribution in [2.75, 3.05) is 0 Å². The second-order valence-corrected chi connectivity index (χ2v) is 10.4. The van der Waals surface area contributed by atoms with Gasteiger partial charge in [-0.05, 0) is 51.9 Å². The highest BCUT2D eigenvalue weighted by Crippen LogP contribution is 2.52. The fraction of sp³-hybridized carbons (Fsp3) is 0.233. The molecule has 0 saturated carbocycles. The van der Waals surface area contributed by atoms with Gasteiger partial charge in [0.05, 0.1) is 10.9 Å². The maximum atomic E-state index is 6.87. The van der Waals surface area contributed by atoms with Crippen molar-refractivity contribution in [2.24, 2.45) is 12.5 Å². The number of benzene rings is 4. The van der Waals surface area contributed by atoms with Crippen molar-refractivity contribution in [3.8, 4) is 22.8 Å². The van der Waals surface area contributed by atoms with Crippen LogP contribution in [0, 0.1) is 12.3 Å². The van der Waals surface area contributed by atoms with Gasteiger partial charge in [0.15, 0.2) is 6.20 Å². The highest BCUT2D eigenvalue weighted by Gasteiger charge is 2.34. The zero-order valence-electron chi connectivity index (χ0n) is 19.4. The van der Waals surface area contributed by atoms with Crippen molar-refractivity contribution in [1.29, 1.82) is 0 Å². The number of rotatable bonds is 1. The smallest absolute Gasteiger partial charge is 0.228 e. The molecule has 32 heavy (non-hydrogen) atoms. The highest BCUT2D eigenvalue weighted by molar-refractivity contribution is 6.16. The second kappa shape index (κ2) is 6.56. The SMILES string of the molecule is Cc1c2c(c(CC(C)(C)C)c3ccccc13)Oc1cc3ccccc3c3cc[n+](C)c-2c13. The third-order valence-corrected chi connectivity index (χ3v) is 6.80. The third-order valence-electron chi connectivity index (χ3n) is 6.80. The minimum absolute atomic E-state index is 0.146. The molecule has 0 amide bonds. The van der Waals surface area contributed by atoms with Crippen LogP contribution >= 0.6 is 0 Å². The summed E-state index contributed by atoms with van der Waals surface area (Å²) in [6.07, 6.45) is 3.15. The molecule has 0 N–H and O–H groups in total. The maximum Gasteiger partial charge on any atom is 0.228 e. The van der Waals surface area contributed by atoms with Crippen molar-refractivity contribution < 1.29 is 9.30 Å². The summed E-state index contributed by atoms with van der Waals surface area (Å²) in [6.45, 7) is 9.16. The molecule has 5 aromatic rings. The number of fused-ring (bicyclic) bond motifs is 5. The molecule has 1 aliphatic heterocycles. The van der Waals surface area contributed by atoms with Crippen molar-refractivity contribution in [2.45, 2.75) is 34.1 Å². The van der Waals surface area contributed by atoms with Crippen LogP contribution in [0.25, 0.3) is 43.6 Å². The second-order valence-electron chi connectivity index (χ2n) is 10.4. The molecule has 1 aliphatic rings. The summed E-state index contributed by atoms with van der Waals surface area (Å²) in [6, 6.07) is 21.9. The van der Waals surface area contributed by atoms with E-state index in [9.17, 15) is 0 Å². The number of pyridine rings is 1. The lowest BCUT2D eigenvalue weighted by Crippen LogP contribution is -2.32. The van der Waals surface area contributed by atoms with Gasteiger partial charge in [-0.2, -0.15) is 0 Å². The number of hydrogen-bond donors (Lipinski definition) is 0. The summed E-state index contributed by atoms with van der Waals surface area (Å²) in [5.41, 5.74) is 5.23. The first kappa shape index (κ1) is 19.3. The number of nitrogens with zero attached hydrogens (tertiary/aromatic N) is 1. The van der Waals surface area contributed by atoms with Crippen LogP contribution in [0.5, 0.6) is 11.5 Å². The highest BCUT2D eigenvalue weighted by atomic mass is 16.5. The summed E-state index contributed by atoms with van der Waals surface area (Å²) >= 11 is 0. The van der Waals surface area contributed by atoms with E-state index in [0.717, 1.165) is 17.9 Å². The Hall–Kier alpha value is -3.39. The van der Waals surface area contributed by atoms with Gasteiger partial charge in [-0.25, -0.2) is 4.57 Å². The molecule has 2 nitrogen and oxygen atoms in total. The quantitative estimate of drug-likeness (QED) is 0.197. The van der Waals surface area contributed by atoms with Crippen LogP contribution in [-0.4, -0.2) is 0 Å². The predicted molar refractivity (Wildman–Crippen MR) is 134 cm³/mol. The van der Waals surface area contributed by atoms with Crippen molar-refractivity contribution in [3.05, 3.63) is 78.0 Å². The number of aryl methyl sites for hydroxylation is 2. The minimum atomic E-state index is 0.146. The Morgan fingerprint density at radius 3 is 2.28 bits per heavy atom. The molecule has 4 aromatic carbocycles. The van der Waals surface area contributed by atoms with E-state index in [1.165, 1.54) is 54.7 Å². The van der Waals surface area contributed by atoms with Gasteiger partial charge in [0.1, 0.15) is 18.5 Å². The lowest BCUT2D eigenvalue weighted by atomic mass is 9.81. The van der Waals surface area contributed by atoms with Gasteiger partial charge >= 0.3 is 0 Å². The topological polar surface area (TPSA) is 13.1 Å². The summed E-state index contributed by atoms with van der Waals surface area (Å²) in [4.78, 5) is 0. The van der Waals surface area contributed by atoms with Crippen LogP contribution in [0.15, 0.2) is 66.9 Å². The third kappa shape index (κ3) is 2.69.